The maximum atomic E-state index is 12.0. The fourth-order valence-corrected chi connectivity index (χ4v) is 2.32. The van der Waals surface area contributed by atoms with Gasteiger partial charge in [-0.05, 0) is 36.4 Å². The van der Waals surface area contributed by atoms with Crippen LogP contribution in [0.1, 0.15) is 11.1 Å². The summed E-state index contributed by atoms with van der Waals surface area (Å²) in [4.78, 5) is 16.2. The Balaban J connectivity index is 1.96. The number of benzene rings is 2. The minimum Gasteiger partial charge on any atom is -0.496 e. The molecule has 0 N–H and O–H groups in total. The molecule has 0 saturated carbocycles. The number of halogens is 1. The van der Waals surface area contributed by atoms with E-state index in [2.05, 4.69) is 20.9 Å². The SMILES string of the molecule is COc1ccccc1/C=C1/N=C(c2ccc(Br)cc2)OC1=O. The van der Waals surface area contributed by atoms with E-state index in [-0.39, 0.29) is 5.70 Å². The van der Waals surface area contributed by atoms with Gasteiger partial charge in [0.25, 0.3) is 0 Å². The molecule has 5 heteroatoms. The third-order valence-electron chi connectivity index (χ3n) is 3.14. The minimum absolute atomic E-state index is 0.252. The van der Waals surface area contributed by atoms with Crippen LogP contribution in [-0.2, 0) is 9.53 Å². The van der Waals surface area contributed by atoms with E-state index in [0.717, 1.165) is 15.6 Å². The summed E-state index contributed by atoms with van der Waals surface area (Å²) in [6.07, 6.45) is 1.66. The Bertz CT molecular complexity index is 779. The van der Waals surface area contributed by atoms with Crippen molar-refractivity contribution in [2.75, 3.05) is 7.11 Å². The molecule has 1 aliphatic rings. The van der Waals surface area contributed by atoms with Gasteiger partial charge in [-0.2, -0.15) is 0 Å². The van der Waals surface area contributed by atoms with E-state index in [1.54, 1.807) is 13.2 Å². The van der Waals surface area contributed by atoms with Crippen molar-refractivity contribution in [2.24, 2.45) is 4.99 Å². The molecular formula is C17H12BrNO3. The van der Waals surface area contributed by atoms with Gasteiger partial charge in [0.2, 0.25) is 5.90 Å². The first-order valence-electron chi connectivity index (χ1n) is 6.59. The third kappa shape index (κ3) is 2.94. The summed E-state index contributed by atoms with van der Waals surface area (Å²) in [5.74, 6) is 0.512. The number of methoxy groups -OCH3 is 1. The number of nitrogens with zero attached hydrogens (tertiary/aromatic N) is 1. The highest BCUT2D eigenvalue weighted by molar-refractivity contribution is 9.10. The average Bonchev–Trinajstić information content (AvgIpc) is 2.89. The lowest BCUT2D eigenvalue weighted by Gasteiger charge is -2.03. The Morgan fingerprint density at radius 1 is 1.14 bits per heavy atom. The lowest BCUT2D eigenvalue weighted by molar-refractivity contribution is -0.129. The van der Waals surface area contributed by atoms with Crippen LogP contribution in [0.25, 0.3) is 6.08 Å². The predicted octanol–water partition coefficient (Wildman–Crippen LogP) is 3.80. The number of hydrogen-bond donors (Lipinski definition) is 0. The molecule has 0 fully saturated rings. The monoisotopic (exact) mass is 357 g/mol. The zero-order chi connectivity index (χ0) is 15.5. The largest absolute Gasteiger partial charge is 0.496 e. The van der Waals surface area contributed by atoms with Gasteiger partial charge in [0, 0.05) is 15.6 Å². The summed E-state index contributed by atoms with van der Waals surface area (Å²) in [6, 6.07) is 14.8. The normalized spacial score (nSPS) is 15.6. The van der Waals surface area contributed by atoms with Crippen LogP contribution in [0.5, 0.6) is 5.75 Å². The fourth-order valence-electron chi connectivity index (χ4n) is 2.06. The van der Waals surface area contributed by atoms with E-state index in [1.165, 1.54) is 0 Å². The second kappa shape index (κ2) is 6.15. The Morgan fingerprint density at radius 3 is 2.59 bits per heavy atom. The second-order valence-electron chi connectivity index (χ2n) is 4.58. The summed E-state index contributed by atoms with van der Waals surface area (Å²) in [6.45, 7) is 0. The molecule has 0 spiro atoms. The molecule has 4 nitrogen and oxygen atoms in total. The van der Waals surface area contributed by atoms with Crippen LogP contribution in [0.2, 0.25) is 0 Å². The maximum Gasteiger partial charge on any atom is 0.363 e. The average molecular weight is 358 g/mol. The highest BCUT2D eigenvalue weighted by Gasteiger charge is 2.24. The van der Waals surface area contributed by atoms with Crippen molar-refractivity contribution in [2.45, 2.75) is 0 Å². The van der Waals surface area contributed by atoms with E-state index in [1.807, 2.05) is 48.5 Å². The van der Waals surface area contributed by atoms with Crippen molar-refractivity contribution >= 4 is 33.9 Å². The van der Waals surface area contributed by atoms with Gasteiger partial charge in [-0.25, -0.2) is 9.79 Å². The van der Waals surface area contributed by atoms with Gasteiger partial charge in [-0.1, -0.05) is 34.1 Å². The molecule has 22 heavy (non-hydrogen) atoms. The second-order valence-corrected chi connectivity index (χ2v) is 5.50. The van der Waals surface area contributed by atoms with Gasteiger partial charge in [-0.15, -0.1) is 0 Å². The molecule has 1 aliphatic heterocycles. The van der Waals surface area contributed by atoms with Crippen LogP contribution in [0, 0.1) is 0 Å². The summed E-state index contributed by atoms with van der Waals surface area (Å²) >= 11 is 3.36. The quantitative estimate of drug-likeness (QED) is 0.619. The van der Waals surface area contributed by atoms with Gasteiger partial charge in [-0.3, -0.25) is 0 Å². The molecule has 0 radical (unpaired) electrons. The topological polar surface area (TPSA) is 47.9 Å². The Hall–Kier alpha value is -2.40. The Kier molecular flexibility index (Phi) is 4.06. The van der Waals surface area contributed by atoms with Gasteiger partial charge in [0.1, 0.15) is 5.75 Å². The lowest BCUT2D eigenvalue weighted by Crippen LogP contribution is -2.05. The Labute approximate surface area is 136 Å². The van der Waals surface area contributed by atoms with Crippen molar-refractivity contribution in [3.8, 4) is 5.75 Å². The number of aliphatic imine (C=N–C) groups is 1. The molecular weight excluding hydrogens is 346 g/mol. The number of para-hydroxylation sites is 1. The predicted molar refractivity (Wildman–Crippen MR) is 87.7 cm³/mol. The molecule has 0 bridgehead atoms. The summed E-state index contributed by atoms with van der Waals surface area (Å²) in [5, 5.41) is 0. The standard InChI is InChI=1S/C17H12BrNO3/c1-21-15-5-3-2-4-12(15)10-14-17(20)22-16(19-14)11-6-8-13(18)9-7-11/h2-10H,1H3/b14-10+. The van der Waals surface area contributed by atoms with Gasteiger partial charge >= 0.3 is 5.97 Å². The van der Waals surface area contributed by atoms with Crippen LogP contribution in [-0.4, -0.2) is 19.0 Å². The molecule has 0 aliphatic carbocycles. The highest BCUT2D eigenvalue weighted by atomic mass is 79.9. The highest BCUT2D eigenvalue weighted by Crippen LogP contribution is 2.24. The maximum absolute atomic E-state index is 12.0. The van der Waals surface area contributed by atoms with E-state index < -0.39 is 5.97 Å². The molecule has 0 amide bonds. The van der Waals surface area contributed by atoms with E-state index >= 15 is 0 Å². The van der Waals surface area contributed by atoms with Crippen molar-refractivity contribution in [1.82, 2.24) is 0 Å². The van der Waals surface area contributed by atoms with Gasteiger partial charge < -0.3 is 9.47 Å². The molecule has 0 atom stereocenters. The number of esters is 1. The van der Waals surface area contributed by atoms with Crippen molar-refractivity contribution in [1.29, 1.82) is 0 Å². The van der Waals surface area contributed by atoms with Crippen LogP contribution < -0.4 is 4.74 Å². The van der Waals surface area contributed by atoms with Crippen LogP contribution in [0.4, 0.5) is 0 Å². The number of cyclic esters (lactones) is 1. The van der Waals surface area contributed by atoms with E-state index in [9.17, 15) is 4.79 Å². The first-order valence-corrected chi connectivity index (χ1v) is 7.38. The van der Waals surface area contributed by atoms with Crippen LogP contribution >= 0.6 is 15.9 Å². The van der Waals surface area contributed by atoms with Crippen LogP contribution in [0.3, 0.4) is 0 Å². The number of hydrogen-bond acceptors (Lipinski definition) is 4. The number of rotatable bonds is 3. The molecule has 3 rings (SSSR count). The van der Waals surface area contributed by atoms with E-state index in [4.69, 9.17) is 9.47 Å². The molecule has 110 valence electrons. The van der Waals surface area contributed by atoms with Crippen molar-refractivity contribution < 1.29 is 14.3 Å². The lowest BCUT2D eigenvalue weighted by atomic mass is 10.1. The molecule has 0 aromatic heterocycles. The molecule has 1 heterocycles. The summed E-state index contributed by atoms with van der Waals surface area (Å²) in [5.41, 5.74) is 1.78. The molecule has 2 aromatic rings. The zero-order valence-corrected chi connectivity index (χ0v) is 13.3. The van der Waals surface area contributed by atoms with Gasteiger partial charge in [0.15, 0.2) is 5.70 Å². The van der Waals surface area contributed by atoms with Gasteiger partial charge in [0.05, 0.1) is 7.11 Å². The number of ether oxygens (including phenoxy) is 2. The summed E-state index contributed by atoms with van der Waals surface area (Å²) < 4.78 is 11.4. The number of carbonyl (C=O) groups is 1. The third-order valence-corrected chi connectivity index (χ3v) is 3.67. The Morgan fingerprint density at radius 2 is 1.86 bits per heavy atom. The molecule has 0 unspecified atom stereocenters. The van der Waals surface area contributed by atoms with Crippen molar-refractivity contribution in [3.05, 3.63) is 69.8 Å². The van der Waals surface area contributed by atoms with Crippen LogP contribution in [0.15, 0.2) is 63.7 Å². The van der Waals surface area contributed by atoms with Crippen molar-refractivity contribution in [3.63, 3.8) is 0 Å². The first-order chi connectivity index (χ1) is 10.7. The fraction of sp³-hybridized carbons (Fsp3) is 0.0588. The van der Waals surface area contributed by atoms with E-state index in [0.29, 0.717) is 11.6 Å². The number of carbonyl (C=O) groups excluding carboxylic acids is 1. The molecule has 0 saturated heterocycles. The smallest absolute Gasteiger partial charge is 0.363 e. The summed E-state index contributed by atoms with van der Waals surface area (Å²) in [7, 11) is 1.58. The molecule has 2 aromatic carbocycles. The zero-order valence-electron chi connectivity index (χ0n) is 11.7. The minimum atomic E-state index is -0.469. The first kappa shape index (κ1) is 14.5.